The maximum Gasteiger partial charge on any atom is 0.465 e. The van der Waals surface area contributed by atoms with Gasteiger partial charge in [-0.25, -0.2) is 0 Å². The fraction of sp³-hybridized carbons (Fsp3) is 0.600. The van der Waals surface area contributed by atoms with E-state index < -0.39 is 0 Å². The Morgan fingerprint density at radius 3 is 2.11 bits per heavy atom. The van der Waals surface area contributed by atoms with Gasteiger partial charge in [-0.15, -0.1) is 0 Å². The van der Waals surface area contributed by atoms with Gasteiger partial charge in [0.15, 0.2) is 0 Å². The quantitative estimate of drug-likeness (QED) is 0.740. The second kappa shape index (κ2) is 4.39. The van der Waals surface area contributed by atoms with Crippen LogP contribution in [-0.2, 0) is 9.31 Å². The molecule has 0 bridgehead atoms. The first-order valence-corrected chi connectivity index (χ1v) is 6.65. The van der Waals surface area contributed by atoms with Gasteiger partial charge in [0, 0.05) is 5.82 Å². The van der Waals surface area contributed by atoms with E-state index >= 15 is 0 Å². The van der Waals surface area contributed by atoms with Crippen molar-refractivity contribution in [1.82, 2.24) is 0 Å². The van der Waals surface area contributed by atoms with Crippen LogP contribution in [0.1, 0.15) is 51.6 Å². The van der Waals surface area contributed by atoms with Crippen molar-refractivity contribution in [1.29, 1.82) is 0 Å². The van der Waals surface area contributed by atoms with Crippen LogP contribution < -0.4 is 0 Å². The van der Waals surface area contributed by atoms with Crippen molar-refractivity contribution < 1.29 is 9.31 Å². The van der Waals surface area contributed by atoms with Gasteiger partial charge in [0.2, 0.25) is 0 Å². The molecule has 98 valence electrons. The molecule has 0 aliphatic carbocycles. The maximum absolute atomic E-state index is 6.10. The lowest BCUT2D eigenvalue weighted by Crippen LogP contribution is -2.41. The molecule has 1 atom stereocenters. The van der Waals surface area contributed by atoms with Crippen LogP contribution >= 0.6 is 0 Å². The van der Waals surface area contributed by atoms with Crippen LogP contribution in [0.4, 0.5) is 0 Å². The Morgan fingerprint density at radius 1 is 1.06 bits per heavy atom. The fourth-order valence-electron chi connectivity index (χ4n) is 2.20. The summed E-state index contributed by atoms with van der Waals surface area (Å²) in [7, 11) is -0.170. The van der Waals surface area contributed by atoms with Crippen molar-refractivity contribution >= 4 is 7.12 Å². The van der Waals surface area contributed by atoms with Crippen LogP contribution in [-0.4, -0.2) is 18.3 Å². The van der Waals surface area contributed by atoms with Gasteiger partial charge in [0.25, 0.3) is 0 Å². The summed E-state index contributed by atoms with van der Waals surface area (Å²) in [6.07, 6.45) is 0. The molecule has 0 unspecified atom stereocenters. The van der Waals surface area contributed by atoms with Crippen molar-refractivity contribution in [3.63, 3.8) is 0 Å². The molecular formula is C15H23BO2. The van der Waals surface area contributed by atoms with Crippen LogP contribution in [0, 0.1) is 6.92 Å². The van der Waals surface area contributed by atoms with E-state index in [2.05, 4.69) is 65.8 Å². The number of rotatable bonds is 2. The topological polar surface area (TPSA) is 18.5 Å². The molecule has 18 heavy (non-hydrogen) atoms. The predicted octanol–water partition coefficient (Wildman–Crippen LogP) is 3.73. The van der Waals surface area contributed by atoms with E-state index in [0.717, 1.165) is 0 Å². The summed E-state index contributed by atoms with van der Waals surface area (Å²) in [5, 5.41) is 0. The smallest absolute Gasteiger partial charge is 0.403 e. The zero-order valence-corrected chi connectivity index (χ0v) is 12.3. The molecule has 0 saturated carbocycles. The van der Waals surface area contributed by atoms with E-state index in [1.165, 1.54) is 11.1 Å². The van der Waals surface area contributed by atoms with Gasteiger partial charge in [-0.1, -0.05) is 36.8 Å². The largest absolute Gasteiger partial charge is 0.465 e. The Kier molecular flexibility index (Phi) is 3.33. The van der Waals surface area contributed by atoms with E-state index in [4.69, 9.17) is 9.31 Å². The van der Waals surface area contributed by atoms with Crippen molar-refractivity contribution in [3.8, 4) is 0 Å². The predicted molar refractivity (Wildman–Crippen MR) is 75.7 cm³/mol. The summed E-state index contributed by atoms with van der Waals surface area (Å²) in [5.74, 6) is 0.242. The monoisotopic (exact) mass is 246 g/mol. The molecule has 0 N–H and O–H groups in total. The Hall–Kier alpha value is -0.795. The number of benzene rings is 1. The highest BCUT2D eigenvalue weighted by Gasteiger charge is 2.52. The van der Waals surface area contributed by atoms with E-state index in [1.807, 2.05) is 0 Å². The standard InChI is InChI=1S/C15H23BO2/c1-11-8-7-9-13(10-11)12(2)16-17-14(3,4)15(5,6)18-16/h7-10,12H,1-6H3/t12-/m0/s1. The minimum absolute atomic E-state index is 0.170. The molecule has 2 rings (SSSR count). The zero-order chi connectivity index (χ0) is 13.6. The first-order valence-electron chi connectivity index (χ1n) is 6.65. The second-order valence-corrected chi connectivity index (χ2v) is 6.33. The first kappa shape index (κ1) is 13.6. The fourth-order valence-corrected chi connectivity index (χ4v) is 2.20. The summed E-state index contributed by atoms with van der Waals surface area (Å²) in [6, 6.07) is 8.55. The Balaban J connectivity index is 2.20. The molecule has 1 aromatic carbocycles. The van der Waals surface area contributed by atoms with Crippen molar-refractivity contribution in [3.05, 3.63) is 35.4 Å². The molecular weight excluding hydrogens is 223 g/mol. The second-order valence-electron chi connectivity index (χ2n) is 6.33. The number of hydrogen-bond donors (Lipinski definition) is 0. The molecule has 1 aliphatic rings. The SMILES string of the molecule is Cc1cccc([C@H](C)B2OC(C)(C)C(C)(C)O2)c1. The molecule has 0 aromatic heterocycles. The van der Waals surface area contributed by atoms with Gasteiger partial charge in [0.1, 0.15) is 0 Å². The lowest BCUT2D eigenvalue weighted by atomic mass is 9.69. The molecule has 3 heteroatoms. The maximum atomic E-state index is 6.10. The molecule has 0 spiro atoms. The molecule has 1 heterocycles. The van der Waals surface area contributed by atoms with Gasteiger partial charge in [-0.2, -0.15) is 0 Å². The van der Waals surface area contributed by atoms with Gasteiger partial charge >= 0.3 is 7.12 Å². The molecule has 1 aromatic rings. The van der Waals surface area contributed by atoms with Crippen LogP contribution in [0.3, 0.4) is 0 Å². The molecule has 0 radical (unpaired) electrons. The van der Waals surface area contributed by atoms with Gasteiger partial charge in [-0.05, 0) is 40.2 Å². The van der Waals surface area contributed by atoms with E-state index in [1.54, 1.807) is 0 Å². The van der Waals surface area contributed by atoms with Crippen LogP contribution in [0.15, 0.2) is 24.3 Å². The highest BCUT2D eigenvalue weighted by Crippen LogP contribution is 2.40. The summed E-state index contributed by atoms with van der Waals surface area (Å²) in [6.45, 7) is 12.6. The third kappa shape index (κ3) is 2.34. The van der Waals surface area contributed by atoms with Gasteiger partial charge in [-0.3, -0.25) is 0 Å². The molecule has 0 amide bonds. The third-order valence-electron chi connectivity index (χ3n) is 4.25. The highest BCUT2D eigenvalue weighted by atomic mass is 16.7. The van der Waals surface area contributed by atoms with E-state index in [0.29, 0.717) is 0 Å². The average molecular weight is 246 g/mol. The van der Waals surface area contributed by atoms with E-state index in [-0.39, 0.29) is 24.1 Å². The van der Waals surface area contributed by atoms with E-state index in [9.17, 15) is 0 Å². The van der Waals surface area contributed by atoms with Crippen molar-refractivity contribution in [2.24, 2.45) is 0 Å². The van der Waals surface area contributed by atoms with Crippen LogP contribution in [0.2, 0.25) is 0 Å². The molecule has 1 fully saturated rings. The summed E-state index contributed by atoms with van der Waals surface area (Å²) in [5.41, 5.74) is 2.04. The lowest BCUT2D eigenvalue weighted by molar-refractivity contribution is 0.00578. The number of hydrogen-bond acceptors (Lipinski definition) is 2. The Morgan fingerprint density at radius 2 is 1.61 bits per heavy atom. The van der Waals surface area contributed by atoms with Crippen LogP contribution in [0.5, 0.6) is 0 Å². The van der Waals surface area contributed by atoms with Gasteiger partial charge < -0.3 is 9.31 Å². The Labute approximate surface area is 111 Å². The molecule has 2 nitrogen and oxygen atoms in total. The minimum Gasteiger partial charge on any atom is -0.403 e. The normalized spacial score (nSPS) is 23.1. The van der Waals surface area contributed by atoms with Crippen molar-refractivity contribution in [2.45, 2.75) is 58.6 Å². The summed E-state index contributed by atoms with van der Waals surface area (Å²) in [4.78, 5) is 0. The van der Waals surface area contributed by atoms with Crippen LogP contribution in [0.25, 0.3) is 0 Å². The number of aryl methyl sites for hydroxylation is 1. The molecule has 1 aliphatic heterocycles. The summed E-state index contributed by atoms with van der Waals surface area (Å²) < 4.78 is 12.2. The minimum atomic E-state index is -0.254. The highest BCUT2D eigenvalue weighted by molar-refractivity contribution is 6.47. The van der Waals surface area contributed by atoms with Crippen molar-refractivity contribution in [2.75, 3.05) is 0 Å². The van der Waals surface area contributed by atoms with Gasteiger partial charge in [0.05, 0.1) is 11.2 Å². The zero-order valence-electron chi connectivity index (χ0n) is 12.3. The molecule has 1 saturated heterocycles. The lowest BCUT2D eigenvalue weighted by Gasteiger charge is -2.32. The Bertz CT molecular complexity index is 424. The summed E-state index contributed by atoms with van der Waals surface area (Å²) >= 11 is 0. The average Bonchev–Trinajstić information content (AvgIpc) is 2.47. The first-order chi connectivity index (χ1) is 8.23. The third-order valence-corrected chi connectivity index (χ3v) is 4.25.